The number of ketones is 1. The Morgan fingerprint density at radius 2 is 1.76 bits per heavy atom. The molecule has 214 valence electrons. The number of fused-ring (bicyclic) bond motifs is 1. The molecule has 2 N–H and O–H groups in total. The summed E-state index contributed by atoms with van der Waals surface area (Å²) in [6, 6.07) is 20.0. The highest BCUT2D eigenvalue weighted by Gasteiger charge is 2.57. The highest BCUT2D eigenvalue weighted by molar-refractivity contribution is 5.98. The molecule has 1 heterocycles. The van der Waals surface area contributed by atoms with Gasteiger partial charge in [-0.05, 0) is 85.2 Å². The number of piperidine rings is 1. The average molecular weight is 560 g/mol. The Hall–Kier alpha value is -3.95. The van der Waals surface area contributed by atoms with Crippen molar-refractivity contribution in [3.05, 3.63) is 94.3 Å². The number of carbonyl (C=O) groups excluding carboxylic acids is 2. The molecule has 2 saturated carbocycles. The van der Waals surface area contributed by atoms with E-state index in [1.165, 1.54) is 12.8 Å². The molecule has 0 unspecified atom stereocenters. The van der Waals surface area contributed by atoms with Gasteiger partial charge in [0.15, 0.2) is 5.69 Å². The molecule has 6 nitrogen and oxygen atoms in total. The average Bonchev–Trinajstić information content (AvgIpc) is 3.83. The van der Waals surface area contributed by atoms with Crippen LogP contribution in [0.5, 0.6) is 5.75 Å². The lowest BCUT2D eigenvalue weighted by molar-refractivity contribution is -0.127. The minimum atomic E-state index is -0.355. The number of aromatic hydroxyl groups is 1. The molecule has 0 radical (unpaired) electrons. The summed E-state index contributed by atoms with van der Waals surface area (Å²) in [6.07, 6.45) is 7.09. The molecule has 3 atom stereocenters. The maximum absolute atomic E-state index is 13.3. The van der Waals surface area contributed by atoms with E-state index in [0.29, 0.717) is 49.0 Å². The van der Waals surface area contributed by atoms with Crippen molar-refractivity contribution in [1.29, 1.82) is 0 Å². The molecular formula is C36H37N3O3. The highest BCUT2D eigenvalue weighted by atomic mass is 16.3. The summed E-state index contributed by atoms with van der Waals surface area (Å²) in [5, 5.41) is 14.7. The van der Waals surface area contributed by atoms with Gasteiger partial charge in [0.2, 0.25) is 0 Å². The van der Waals surface area contributed by atoms with Crippen molar-refractivity contribution in [3.63, 3.8) is 0 Å². The Labute approximate surface area is 247 Å². The molecule has 3 fully saturated rings. The summed E-state index contributed by atoms with van der Waals surface area (Å²) in [5.74, 6) is 1.29. The number of carbonyl (C=O) groups is 2. The van der Waals surface area contributed by atoms with Crippen LogP contribution in [0.3, 0.4) is 0 Å². The molecule has 1 amide bonds. The second-order valence-corrected chi connectivity index (χ2v) is 12.8. The Morgan fingerprint density at radius 1 is 1.02 bits per heavy atom. The van der Waals surface area contributed by atoms with Crippen LogP contribution in [0.1, 0.15) is 65.6 Å². The van der Waals surface area contributed by atoms with E-state index >= 15 is 0 Å². The lowest BCUT2D eigenvalue weighted by Gasteiger charge is -2.58. The molecule has 1 aliphatic heterocycles. The number of rotatable bonds is 7. The van der Waals surface area contributed by atoms with Gasteiger partial charge >= 0.3 is 0 Å². The molecule has 7 rings (SSSR count). The number of phenolic OH excluding ortho intramolecular Hbond substituents is 1. The monoisotopic (exact) mass is 559 g/mol. The van der Waals surface area contributed by atoms with Gasteiger partial charge in [0, 0.05) is 43.0 Å². The van der Waals surface area contributed by atoms with Gasteiger partial charge in [0.05, 0.1) is 12.1 Å². The lowest BCUT2D eigenvalue weighted by Crippen LogP contribution is -2.62. The first-order chi connectivity index (χ1) is 20.4. The molecule has 3 aromatic carbocycles. The zero-order chi connectivity index (χ0) is 28.8. The van der Waals surface area contributed by atoms with Gasteiger partial charge in [-0.25, -0.2) is 4.85 Å². The zero-order valence-electron chi connectivity index (χ0n) is 23.9. The third-order valence-electron chi connectivity index (χ3n) is 10.3. The Kier molecular flexibility index (Phi) is 6.86. The van der Waals surface area contributed by atoms with Crippen LogP contribution < -0.4 is 5.32 Å². The predicted octanol–water partition coefficient (Wildman–Crippen LogP) is 6.23. The minimum absolute atomic E-state index is 0.0902. The lowest BCUT2D eigenvalue weighted by atomic mass is 9.51. The number of hydrogen-bond donors (Lipinski definition) is 2. The fraction of sp³-hybridized carbons (Fsp3) is 0.417. The smallest absolute Gasteiger partial charge is 0.255 e. The van der Waals surface area contributed by atoms with Crippen molar-refractivity contribution in [3.8, 4) is 16.9 Å². The fourth-order valence-corrected chi connectivity index (χ4v) is 8.07. The van der Waals surface area contributed by atoms with E-state index in [1.54, 1.807) is 6.07 Å². The molecule has 6 heteroatoms. The van der Waals surface area contributed by atoms with Crippen LogP contribution in [-0.4, -0.2) is 47.4 Å². The number of hydrogen-bond acceptors (Lipinski definition) is 4. The molecule has 1 saturated heterocycles. The summed E-state index contributed by atoms with van der Waals surface area (Å²) in [5.41, 5.74) is 5.84. The maximum Gasteiger partial charge on any atom is 0.255 e. The molecular weight excluding hydrogens is 522 g/mol. The van der Waals surface area contributed by atoms with Crippen molar-refractivity contribution in [1.82, 2.24) is 10.2 Å². The number of amides is 1. The van der Waals surface area contributed by atoms with E-state index in [2.05, 4.69) is 39.3 Å². The van der Waals surface area contributed by atoms with E-state index in [0.717, 1.165) is 66.1 Å². The van der Waals surface area contributed by atoms with E-state index in [4.69, 9.17) is 6.57 Å². The van der Waals surface area contributed by atoms with Crippen LogP contribution >= 0.6 is 0 Å². The third-order valence-corrected chi connectivity index (χ3v) is 10.3. The second kappa shape index (κ2) is 10.7. The van der Waals surface area contributed by atoms with Gasteiger partial charge in [-0.15, -0.1) is 0 Å². The third kappa shape index (κ3) is 4.80. The first kappa shape index (κ1) is 26.9. The number of nitrogens with one attached hydrogen (secondary N) is 1. The number of nitrogens with zero attached hydrogens (tertiary/aromatic N) is 2. The zero-order valence-corrected chi connectivity index (χ0v) is 23.9. The van der Waals surface area contributed by atoms with Crippen LogP contribution in [0.4, 0.5) is 5.69 Å². The predicted molar refractivity (Wildman–Crippen MR) is 163 cm³/mol. The van der Waals surface area contributed by atoms with Crippen molar-refractivity contribution < 1.29 is 14.7 Å². The largest absolute Gasteiger partial charge is 0.507 e. The van der Waals surface area contributed by atoms with E-state index < -0.39 is 0 Å². The highest BCUT2D eigenvalue weighted by Crippen LogP contribution is 2.58. The van der Waals surface area contributed by atoms with Crippen LogP contribution in [0.15, 0.2) is 60.7 Å². The van der Waals surface area contributed by atoms with E-state index in [1.807, 2.05) is 30.3 Å². The van der Waals surface area contributed by atoms with Crippen molar-refractivity contribution in [2.75, 3.05) is 19.6 Å². The van der Waals surface area contributed by atoms with E-state index in [9.17, 15) is 14.7 Å². The summed E-state index contributed by atoms with van der Waals surface area (Å²) in [6.45, 7) is 9.69. The molecule has 2 bridgehead atoms. The van der Waals surface area contributed by atoms with E-state index in [-0.39, 0.29) is 22.9 Å². The summed E-state index contributed by atoms with van der Waals surface area (Å²) < 4.78 is 0. The van der Waals surface area contributed by atoms with Crippen LogP contribution in [0.2, 0.25) is 0 Å². The standard InChI is InChI=1S/C36H37N3O3/c1-37-28-11-8-26(9-12-28)25-6-4-23(5-7-25)16-18-38-35(42)30-14-10-27-20-32-31-15-13-29(40)21-36(31,33(27)34(30)41)17-19-39(32)22-24-2-3-24/h4-12,14,24,31-32,41H,2-3,13,15-22H2,(H,38,42)/t31-,32+,36-/m0/s1. The first-order valence-electron chi connectivity index (χ1n) is 15.4. The van der Waals surface area contributed by atoms with Crippen LogP contribution in [-0.2, 0) is 23.1 Å². The van der Waals surface area contributed by atoms with Gasteiger partial charge in [-0.2, -0.15) is 0 Å². The first-order valence-corrected chi connectivity index (χ1v) is 15.4. The normalized spacial score (nSPS) is 24.8. The maximum atomic E-state index is 13.3. The molecule has 3 aliphatic carbocycles. The molecule has 0 aromatic heterocycles. The van der Waals surface area contributed by atoms with Crippen molar-refractivity contribution in [2.24, 2.45) is 11.8 Å². The van der Waals surface area contributed by atoms with Gasteiger partial charge in [0.25, 0.3) is 5.91 Å². The van der Waals surface area contributed by atoms with Crippen LogP contribution in [0, 0.1) is 18.4 Å². The van der Waals surface area contributed by atoms with Crippen LogP contribution in [0.25, 0.3) is 16.0 Å². The van der Waals surface area contributed by atoms with Gasteiger partial charge < -0.3 is 10.4 Å². The van der Waals surface area contributed by atoms with Crippen molar-refractivity contribution in [2.45, 2.75) is 62.8 Å². The SMILES string of the molecule is [C-]#[N+]c1ccc(-c2ccc(CCNC(=O)c3ccc4c(c3O)[C@]35CCN(CC6CC6)[C@H](C4)[C@@H]3CCC(=O)C5)cc2)cc1. The minimum Gasteiger partial charge on any atom is -0.507 e. The Balaban J connectivity index is 1.06. The fourth-order valence-electron chi connectivity index (χ4n) is 8.07. The van der Waals surface area contributed by atoms with Gasteiger partial charge in [0.1, 0.15) is 11.5 Å². The summed E-state index contributed by atoms with van der Waals surface area (Å²) in [7, 11) is 0. The van der Waals surface area contributed by atoms with Crippen molar-refractivity contribution >= 4 is 17.4 Å². The number of benzene rings is 3. The topological polar surface area (TPSA) is 74.0 Å². The quantitative estimate of drug-likeness (QED) is 0.337. The molecule has 3 aromatic rings. The molecule has 4 aliphatic rings. The second-order valence-electron chi connectivity index (χ2n) is 12.8. The Bertz CT molecular complexity index is 1570. The molecule has 42 heavy (non-hydrogen) atoms. The summed E-state index contributed by atoms with van der Waals surface area (Å²) >= 11 is 0. The van der Waals surface area contributed by atoms with Gasteiger partial charge in [-0.3, -0.25) is 14.5 Å². The van der Waals surface area contributed by atoms with Gasteiger partial charge in [-0.1, -0.05) is 54.6 Å². The molecule has 0 spiro atoms. The Morgan fingerprint density at radius 3 is 2.48 bits per heavy atom. The number of likely N-dealkylation sites (tertiary alicyclic amines) is 1. The number of Topliss-reactive ketones (excluding diaryl/α,β-unsaturated/α-hetero) is 1. The number of phenols is 1. The summed E-state index contributed by atoms with van der Waals surface area (Å²) in [4.78, 5) is 32.3.